The largest absolute Gasteiger partial charge is 0.381 e. The van der Waals surface area contributed by atoms with Crippen molar-refractivity contribution in [1.82, 2.24) is 10.6 Å². The highest BCUT2D eigenvalue weighted by molar-refractivity contribution is 5.94. The summed E-state index contributed by atoms with van der Waals surface area (Å²) in [4.78, 5) is 12.3. The molecule has 2 aromatic carbocycles. The predicted octanol–water partition coefficient (Wildman–Crippen LogP) is 3.24. The van der Waals surface area contributed by atoms with Crippen molar-refractivity contribution in [2.24, 2.45) is 0 Å². The zero-order chi connectivity index (χ0) is 17.8. The topological polar surface area (TPSA) is 50.4 Å². The molecule has 1 aliphatic heterocycles. The van der Waals surface area contributed by atoms with E-state index in [0.29, 0.717) is 24.5 Å². The van der Waals surface area contributed by atoms with Crippen LogP contribution in [0.3, 0.4) is 0 Å². The van der Waals surface area contributed by atoms with Gasteiger partial charge in [0.2, 0.25) is 0 Å². The second kappa shape index (κ2) is 8.02. The van der Waals surface area contributed by atoms with Crippen LogP contribution in [0.25, 0.3) is 0 Å². The molecule has 0 radical (unpaired) electrons. The fourth-order valence-corrected chi connectivity index (χ4v) is 3.68. The molecule has 0 aromatic heterocycles. The highest BCUT2D eigenvalue weighted by Crippen LogP contribution is 2.41. The third kappa shape index (κ3) is 4.32. The minimum atomic E-state index is -0.0203. The van der Waals surface area contributed by atoms with Gasteiger partial charge in [0.15, 0.2) is 0 Å². The maximum absolute atomic E-state index is 12.3. The average Bonchev–Trinajstić information content (AvgIpc) is 3.47. The number of ether oxygens (including phenoxy) is 1. The van der Waals surface area contributed by atoms with Crippen molar-refractivity contribution in [2.75, 3.05) is 13.2 Å². The Labute approximate surface area is 155 Å². The van der Waals surface area contributed by atoms with Crippen LogP contribution in [0.1, 0.15) is 46.7 Å². The quantitative estimate of drug-likeness (QED) is 0.841. The lowest BCUT2D eigenvalue weighted by Gasteiger charge is -2.23. The van der Waals surface area contributed by atoms with E-state index in [1.165, 1.54) is 12.0 Å². The van der Waals surface area contributed by atoms with Crippen LogP contribution in [-0.4, -0.2) is 31.2 Å². The number of amides is 1. The molecule has 2 N–H and O–H groups in total. The van der Waals surface area contributed by atoms with E-state index in [-0.39, 0.29) is 5.91 Å². The van der Waals surface area contributed by atoms with Crippen LogP contribution in [0.15, 0.2) is 54.6 Å². The van der Waals surface area contributed by atoms with Crippen molar-refractivity contribution in [3.05, 3.63) is 71.3 Å². The molecular formula is C22H26N2O2. The van der Waals surface area contributed by atoms with Gasteiger partial charge in [0, 0.05) is 43.3 Å². The van der Waals surface area contributed by atoms with E-state index >= 15 is 0 Å². The van der Waals surface area contributed by atoms with Gasteiger partial charge >= 0.3 is 0 Å². The van der Waals surface area contributed by atoms with Gasteiger partial charge in [-0.25, -0.2) is 0 Å². The maximum Gasteiger partial charge on any atom is 0.251 e. The normalized spacial score (nSPS) is 22.8. The lowest BCUT2D eigenvalue weighted by Crippen LogP contribution is -2.36. The van der Waals surface area contributed by atoms with Gasteiger partial charge in [-0.2, -0.15) is 0 Å². The molecule has 2 aromatic rings. The van der Waals surface area contributed by atoms with E-state index < -0.39 is 0 Å². The molecule has 2 atom stereocenters. The van der Waals surface area contributed by atoms with Crippen molar-refractivity contribution < 1.29 is 9.53 Å². The van der Waals surface area contributed by atoms with Gasteiger partial charge in [0.1, 0.15) is 0 Å². The first-order chi connectivity index (χ1) is 12.8. The van der Waals surface area contributed by atoms with Crippen LogP contribution in [0, 0.1) is 0 Å². The highest BCUT2D eigenvalue weighted by atomic mass is 16.5. The summed E-state index contributed by atoms with van der Waals surface area (Å²) in [6.45, 7) is 2.31. The van der Waals surface area contributed by atoms with Crippen LogP contribution in [0.5, 0.6) is 0 Å². The fourth-order valence-electron chi connectivity index (χ4n) is 3.68. The Bertz CT molecular complexity index is 724. The molecule has 1 aliphatic carbocycles. The molecule has 4 rings (SSSR count). The summed E-state index contributed by atoms with van der Waals surface area (Å²) in [5.74, 6) is 0.562. The summed E-state index contributed by atoms with van der Waals surface area (Å²) in [7, 11) is 0. The summed E-state index contributed by atoms with van der Waals surface area (Å²) in [6.07, 6.45) is 3.42. The lowest BCUT2D eigenvalue weighted by atomic mass is 10.1. The van der Waals surface area contributed by atoms with Crippen molar-refractivity contribution >= 4 is 5.91 Å². The molecule has 4 nitrogen and oxygen atoms in total. The van der Waals surface area contributed by atoms with E-state index in [0.717, 1.165) is 37.2 Å². The van der Waals surface area contributed by atoms with Gasteiger partial charge in [-0.15, -0.1) is 0 Å². The summed E-state index contributed by atoms with van der Waals surface area (Å²) >= 11 is 0. The molecule has 4 heteroatoms. The Kier molecular flexibility index (Phi) is 5.32. The molecule has 2 aliphatic rings. The standard InChI is InChI=1S/C22H26N2O2/c25-22(23-15-16-4-2-1-3-5-16)18-8-6-17(7-9-18)20-14-21(20)24-19-10-12-26-13-11-19/h1-9,19-21,24H,10-15H2,(H,23,25). The van der Waals surface area contributed by atoms with Crippen LogP contribution in [0.2, 0.25) is 0 Å². The summed E-state index contributed by atoms with van der Waals surface area (Å²) in [5.41, 5.74) is 3.16. The van der Waals surface area contributed by atoms with Crippen LogP contribution < -0.4 is 10.6 Å². The highest BCUT2D eigenvalue weighted by Gasteiger charge is 2.39. The number of carbonyl (C=O) groups is 1. The summed E-state index contributed by atoms with van der Waals surface area (Å²) in [5, 5.41) is 6.74. The number of hydrogen-bond donors (Lipinski definition) is 2. The van der Waals surface area contributed by atoms with Gasteiger partial charge in [0.05, 0.1) is 0 Å². The minimum Gasteiger partial charge on any atom is -0.381 e. The molecule has 0 spiro atoms. The van der Waals surface area contributed by atoms with E-state index in [1.807, 2.05) is 42.5 Å². The monoisotopic (exact) mass is 350 g/mol. The number of benzene rings is 2. The molecule has 2 fully saturated rings. The zero-order valence-corrected chi connectivity index (χ0v) is 15.0. The van der Waals surface area contributed by atoms with Gasteiger partial charge in [-0.05, 0) is 42.5 Å². The number of hydrogen-bond acceptors (Lipinski definition) is 3. The Morgan fingerprint density at radius 2 is 1.73 bits per heavy atom. The molecule has 26 heavy (non-hydrogen) atoms. The summed E-state index contributed by atoms with van der Waals surface area (Å²) < 4.78 is 5.42. The van der Waals surface area contributed by atoms with E-state index in [2.05, 4.69) is 22.8 Å². The van der Waals surface area contributed by atoms with Gasteiger partial charge in [-0.1, -0.05) is 42.5 Å². The van der Waals surface area contributed by atoms with Gasteiger partial charge in [0.25, 0.3) is 5.91 Å². The van der Waals surface area contributed by atoms with Crippen molar-refractivity contribution in [3.8, 4) is 0 Å². The molecule has 1 heterocycles. The van der Waals surface area contributed by atoms with Crippen LogP contribution >= 0.6 is 0 Å². The third-order valence-corrected chi connectivity index (χ3v) is 5.36. The minimum absolute atomic E-state index is 0.0203. The second-order valence-corrected chi connectivity index (χ2v) is 7.29. The Hall–Kier alpha value is -2.17. The number of rotatable bonds is 6. The summed E-state index contributed by atoms with van der Waals surface area (Å²) in [6, 6.07) is 19.3. The maximum atomic E-state index is 12.3. The number of carbonyl (C=O) groups excluding carboxylic acids is 1. The smallest absolute Gasteiger partial charge is 0.251 e. The van der Waals surface area contributed by atoms with Crippen molar-refractivity contribution in [3.63, 3.8) is 0 Å². The molecular weight excluding hydrogens is 324 g/mol. The molecule has 0 bridgehead atoms. The fraction of sp³-hybridized carbons (Fsp3) is 0.409. The molecule has 136 valence electrons. The third-order valence-electron chi connectivity index (χ3n) is 5.36. The first-order valence-electron chi connectivity index (χ1n) is 9.55. The SMILES string of the molecule is O=C(NCc1ccccc1)c1ccc(C2CC2NC2CCOCC2)cc1. The Balaban J connectivity index is 1.27. The van der Waals surface area contributed by atoms with Gasteiger partial charge in [-0.3, -0.25) is 4.79 Å². The number of nitrogens with one attached hydrogen (secondary N) is 2. The van der Waals surface area contributed by atoms with Crippen LogP contribution in [0.4, 0.5) is 0 Å². The molecule has 1 saturated heterocycles. The van der Waals surface area contributed by atoms with Crippen molar-refractivity contribution in [1.29, 1.82) is 0 Å². The van der Waals surface area contributed by atoms with E-state index in [4.69, 9.17) is 4.74 Å². The molecule has 1 saturated carbocycles. The zero-order valence-electron chi connectivity index (χ0n) is 15.0. The Morgan fingerprint density at radius 3 is 2.46 bits per heavy atom. The predicted molar refractivity (Wildman–Crippen MR) is 102 cm³/mol. The lowest BCUT2D eigenvalue weighted by molar-refractivity contribution is 0.0774. The average molecular weight is 350 g/mol. The van der Waals surface area contributed by atoms with Gasteiger partial charge < -0.3 is 15.4 Å². The molecule has 2 unspecified atom stereocenters. The molecule has 1 amide bonds. The second-order valence-electron chi connectivity index (χ2n) is 7.29. The van der Waals surface area contributed by atoms with E-state index in [1.54, 1.807) is 0 Å². The first-order valence-corrected chi connectivity index (χ1v) is 9.55. The van der Waals surface area contributed by atoms with E-state index in [9.17, 15) is 4.79 Å². The Morgan fingerprint density at radius 1 is 1.00 bits per heavy atom. The van der Waals surface area contributed by atoms with Crippen LogP contribution in [-0.2, 0) is 11.3 Å². The first kappa shape index (κ1) is 17.3. The van der Waals surface area contributed by atoms with Crippen molar-refractivity contribution in [2.45, 2.75) is 43.8 Å².